The first-order chi connectivity index (χ1) is 5.20. The van der Waals surface area contributed by atoms with Crippen LogP contribution >= 0.6 is 12.2 Å². The van der Waals surface area contributed by atoms with Gasteiger partial charge in [0.1, 0.15) is 0 Å². The van der Waals surface area contributed by atoms with Crippen LogP contribution in [0.3, 0.4) is 0 Å². The monoisotopic (exact) mass is 175 g/mol. The fraction of sp³-hybridized carbons (Fsp3) is 0.833. The minimum absolute atomic E-state index is 0.210. The minimum atomic E-state index is 0.210. The van der Waals surface area contributed by atoms with Crippen LogP contribution < -0.4 is 11.6 Å². The summed E-state index contributed by atoms with van der Waals surface area (Å²) in [4.78, 5) is 0. The zero-order valence-corrected chi connectivity index (χ0v) is 7.14. The Bertz CT molecular complexity index is 147. The van der Waals surface area contributed by atoms with Gasteiger partial charge in [-0.2, -0.15) is 0 Å². The molecule has 0 amide bonds. The van der Waals surface area contributed by atoms with Crippen molar-refractivity contribution in [2.45, 2.75) is 18.9 Å². The van der Waals surface area contributed by atoms with Crippen LogP contribution in [0, 0.1) is 0 Å². The van der Waals surface area contributed by atoms with Crippen molar-refractivity contribution in [1.82, 2.24) is 5.01 Å². The Morgan fingerprint density at radius 3 is 2.91 bits per heavy atom. The molecular weight excluding hydrogens is 162 g/mol. The average molecular weight is 175 g/mol. The number of hydrogen-bond donors (Lipinski definition) is 2. The van der Waals surface area contributed by atoms with Crippen molar-refractivity contribution in [1.29, 1.82) is 0 Å². The lowest BCUT2D eigenvalue weighted by molar-refractivity contribution is 0.0917. The molecule has 4 nitrogen and oxygen atoms in total. The zero-order valence-electron chi connectivity index (χ0n) is 6.32. The van der Waals surface area contributed by atoms with Crippen LogP contribution in [-0.4, -0.2) is 29.4 Å². The molecule has 1 unspecified atom stereocenters. The molecule has 0 saturated carbocycles. The molecule has 1 fully saturated rings. The summed E-state index contributed by atoms with van der Waals surface area (Å²) in [6.45, 7) is 1.44. The largest absolute Gasteiger partial charge is 0.376 e. The average Bonchev–Trinajstić information content (AvgIpc) is 2.39. The third kappa shape index (κ3) is 2.61. The maximum Gasteiger partial charge on any atom is 0.180 e. The molecule has 1 aliphatic rings. The van der Waals surface area contributed by atoms with Crippen LogP contribution in [-0.2, 0) is 4.74 Å². The van der Waals surface area contributed by atoms with Crippen molar-refractivity contribution in [2.75, 3.05) is 13.2 Å². The van der Waals surface area contributed by atoms with E-state index in [2.05, 4.69) is 12.2 Å². The van der Waals surface area contributed by atoms with Gasteiger partial charge in [0.25, 0.3) is 0 Å². The Kier molecular flexibility index (Phi) is 3.04. The molecular formula is C6H13N3OS. The van der Waals surface area contributed by atoms with Gasteiger partial charge in [0, 0.05) is 6.61 Å². The molecule has 5 heteroatoms. The molecule has 0 aromatic heterocycles. The van der Waals surface area contributed by atoms with Crippen molar-refractivity contribution in [2.24, 2.45) is 11.6 Å². The summed E-state index contributed by atoms with van der Waals surface area (Å²) in [5, 5.41) is 1.58. The molecule has 1 aliphatic heterocycles. The van der Waals surface area contributed by atoms with Crippen molar-refractivity contribution in [3.63, 3.8) is 0 Å². The summed E-state index contributed by atoms with van der Waals surface area (Å²) in [6, 6.07) is 0. The molecule has 4 N–H and O–H groups in total. The highest BCUT2D eigenvalue weighted by Gasteiger charge is 2.17. The van der Waals surface area contributed by atoms with Crippen LogP contribution in [0.4, 0.5) is 0 Å². The summed E-state index contributed by atoms with van der Waals surface area (Å²) in [5.41, 5.74) is 5.29. The molecule has 64 valence electrons. The Hall–Kier alpha value is -0.390. The molecule has 1 rings (SSSR count). The second-order valence-electron chi connectivity index (χ2n) is 2.63. The minimum Gasteiger partial charge on any atom is -0.376 e. The maximum atomic E-state index is 5.48. The number of hydrazine groups is 1. The topological polar surface area (TPSA) is 64.5 Å². The Balaban J connectivity index is 2.23. The number of ether oxygens (including phenoxy) is 1. The molecule has 0 aromatic rings. The van der Waals surface area contributed by atoms with Crippen LogP contribution in [0.2, 0.25) is 0 Å². The molecule has 0 spiro atoms. The van der Waals surface area contributed by atoms with E-state index in [4.69, 9.17) is 16.3 Å². The van der Waals surface area contributed by atoms with Gasteiger partial charge in [-0.3, -0.25) is 5.01 Å². The van der Waals surface area contributed by atoms with Gasteiger partial charge >= 0.3 is 0 Å². The summed E-state index contributed by atoms with van der Waals surface area (Å²) in [6.07, 6.45) is 2.37. The Morgan fingerprint density at radius 2 is 2.45 bits per heavy atom. The molecule has 1 heterocycles. The molecule has 0 radical (unpaired) electrons. The smallest absolute Gasteiger partial charge is 0.180 e. The van der Waals surface area contributed by atoms with Crippen molar-refractivity contribution in [3.8, 4) is 0 Å². The normalized spacial score (nSPS) is 23.5. The van der Waals surface area contributed by atoms with Gasteiger partial charge in [-0.15, -0.1) is 0 Å². The lowest BCUT2D eigenvalue weighted by Gasteiger charge is -2.19. The highest BCUT2D eigenvalue weighted by molar-refractivity contribution is 7.80. The lowest BCUT2D eigenvalue weighted by Crippen LogP contribution is -2.45. The second kappa shape index (κ2) is 3.85. The number of thiocarbonyl (C=S) groups is 1. The van der Waals surface area contributed by atoms with Crippen LogP contribution in [0.1, 0.15) is 12.8 Å². The van der Waals surface area contributed by atoms with E-state index < -0.39 is 0 Å². The van der Waals surface area contributed by atoms with Crippen LogP contribution in [0.5, 0.6) is 0 Å². The van der Waals surface area contributed by atoms with E-state index in [0.29, 0.717) is 6.54 Å². The molecule has 1 atom stereocenters. The first kappa shape index (κ1) is 8.70. The van der Waals surface area contributed by atoms with Gasteiger partial charge in [0.15, 0.2) is 5.11 Å². The van der Waals surface area contributed by atoms with Gasteiger partial charge in [-0.1, -0.05) is 0 Å². The van der Waals surface area contributed by atoms with Crippen LogP contribution in [0.15, 0.2) is 0 Å². The van der Waals surface area contributed by atoms with Crippen molar-refractivity contribution < 1.29 is 4.74 Å². The lowest BCUT2D eigenvalue weighted by atomic mass is 10.2. The third-order valence-corrected chi connectivity index (χ3v) is 1.94. The summed E-state index contributed by atoms with van der Waals surface area (Å²) in [5.74, 6) is 5.48. The number of nitrogens with two attached hydrogens (primary N) is 2. The van der Waals surface area contributed by atoms with Gasteiger partial charge < -0.3 is 10.5 Å². The predicted octanol–water partition coefficient (Wildman–Crippen LogP) is -0.415. The molecule has 0 bridgehead atoms. The second-order valence-corrected chi connectivity index (χ2v) is 3.04. The standard InChI is InChI=1S/C6H13N3OS/c7-6(11)9(8)4-5-2-1-3-10-5/h5H,1-4,8H2,(H2,7,11). The third-order valence-electron chi connectivity index (χ3n) is 1.71. The van der Waals surface area contributed by atoms with E-state index in [9.17, 15) is 0 Å². The maximum absolute atomic E-state index is 5.48. The summed E-state index contributed by atoms with van der Waals surface area (Å²) < 4.78 is 5.34. The highest BCUT2D eigenvalue weighted by atomic mass is 32.1. The first-order valence-corrected chi connectivity index (χ1v) is 4.04. The zero-order chi connectivity index (χ0) is 8.27. The van der Waals surface area contributed by atoms with Gasteiger partial charge in [-0.25, -0.2) is 5.84 Å². The van der Waals surface area contributed by atoms with E-state index >= 15 is 0 Å². The van der Waals surface area contributed by atoms with Crippen molar-refractivity contribution >= 4 is 17.3 Å². The molecule has 11 heavy (non-hydrogen) atoms. The van der Waals surface area contributed by atoms with Crippen molar-refractivity contribution in [3.05, 3.63) is 0 Å². The number of hydrogen-bond acceptors (Lipinski definition) is 3. The van der Waals surface area contributed by atoms with Gasteiger partial charge in [-0.05, 0) is 25.1 Å². The number of nitrogens with zero attached hydrogens (tertiary/aromatic N) is 1. The SMILES string of the molecule is NC(=S)N(N)CC1CCCO1. The molecule has 0 aliphatic carbocycles. The van der Waals surface area contributed by atoms with E-state index in [0.717, 1.165) is 19.4 Å². The predicted molar refractivity (Wildman–Crippen MR) is 46.7 cm³/mol. The summed E-state index contributed by atoms with van der Waals surface area (Å²) >= 11 is 4.68. The fourth-order valence-electron chi connectivity index (χ4n) is 1.10. The highest BCUT2D eigenvalue weighted by Crippen LogP contribution is 2.11. The van der Waals surface area contributed by atoms with Crippen LogP contribution in [0.25, 0.3) is 0 Å². The van der Waals surface area contributed by atoms with E-state index in [-0.39, 0.29) is 11.2 Å². The fourth-order valence-corrected chi connectivity index (χ4v) is 1.17. The van der Waals surface area contributed by atoms with E-state index in [1.807, 2.05) is 0 Å². The van der Waals surface area contributed by atoms with Gasteiger partial charge in [0.05, 0.1) is 12.6 Å². The van der Waals surface area contributed by atoms with E-state index in [1.165, 1.54) is 5.01 Å². The molecule has 1 saturated heterocycles. The molecule has 0 aromatic carbocycles. The number of rotatable bonds is 2. The van der Waals surface area contributed by atoms with E-state index in [1.54, 1.807) is 0 Å². The van der Waals surface area contributed by atoms with Gasteiger partial charge in [0.2, 0.25) is 0 Å². The quantitative estimate of drug-likeness (QED) is 0.339. The summed E-state index contributed by atoms with van der Waals surface area (Å²) in [7, 11) is 0. The first-order valence-electron chi connectivity index (χ1n) is 3.63. The Labute approximate surface area is 71.4 Å². The Morgan fingerprint density at radius 1 is 1.73 bits per heavy atom.